The quantitative estimate of drug-likeness (QED) is 0.653. The number of aromatic nitrogens is 3. The van der Waals surface area contributed by atoms with E-state index in [0.717, 1.165) is 24.7 Å². The van der Waals surface area contributed by atoms with E-state index in [1.807, 2.05) is 6.07 Å². The number of nitrogens with zero attached hydrogens (tertiary/aromatic N) is 2. The van der Waals surface area contributed by atoms with Crippen LogP contribution in [0.4, 0.5) is 11.8 Å². The van der Waals surface area contributed by atoms with E-state index in [4.69, 9.17) is 0 Å². The third-order valence-corrected chi connectivity index (χ3v) is 3.94. The Bertz CT molecular complexity index is 775. The van der Waals surface area contributed by atoms with Gasteiger partial charge >= 0.3 is 0 Å². The van der Waals surface area contributed by atoms with Crippen molar-refractivity contribution in [2.45, 2.75) is 25.3 Å². The fourth-order valence-electron chi connectivity index (χ4n) is 2.60. The van der Waals surface area contributed by atoms with Crippen LogP contribution in [0.25, 0.3) is 10.9 Å². The first-order chi connectivity index (χ1) is 10.9. The molecule has 2 heterocycles. The standard InChI is InChI=1S/C17H19N5/c1-2-4-15-14(3-1)12(11-20-15)7-9-18-16-8-10-19-17(22-16)21-13-5-6-13/h1-4,8,10-11,13,20H,5-7,9H2,(H2,18,19,21,22). The third-order valence-electron chi connectivity index (χ3n) is 3.94. The van der Waals surface area contributed by atoms with Gasteiger partial charge in [-0.3, -0.25) is 0 Å². The Labute approximate surface area is 129 Å². The van der Waals surface area contributed by atoms with Crippen molar-refractivity contribution in [2.75, 3.05) is 17.2 Å². The van der Waals surface area contributed by atoms with Crippen LogP contribution in [-0.4, -0.2) is 27.5 Å². The predicted octanol–water partition coefficient (Wildman–Crippen LogP) is 3.19. The third kappa shape index (κ3) is 2.88. The lowest BCUT2D eigenvalue weighted by Gasteiger charge is -2.07. The van der Waals surface area contributed by atoms with Gasteiger partial charge in [-0.15, -0.1) is 0 Å². The molecule has 22 heavy (non-hydrogen) atoms. The molecule has 0 radical (unpaired) electrons. The van der Waals surface area contributed by atoms with Gasteiger partial charge in [0.2, 0.25) is 5.95 Å². The molecule has 0 spiro atoms. The van der Waals surface area contributed by atoms with Crippen molar-refractivity contribution in [3.05, 3.63) is 48.3 Å². The molecule has 4 rings (SSSR count). The average Bonchev–Trinajstić information content (AvgIpc) is 3.26. The number of benzene rings is 1. The normalized spacial score (nSPS) is 14.2. The highest BCUT2D eigenvalue weighted by molar-refractivity contribution is 5.83. The Morgan fingerprint density at radius 3 is 3.00 bits per heavy atom. The van der Waals surface area contributed by atoms with E-state index in [2.05, 4.69) is 56.0 Å². The van der Waals surface area contributed by atoms with Gasteiger partial charge in [-0.2, -0.15) is 4.98 Å². The number of H-pyrrole nitrogens is 1. The first-order valence-electron chi connectivity index (χ1n) is 7.77. The molecule has 0 amide bonds. The summed E-state index contributed by atoms with van der Waals surface area (Å²) in [5.74, 6) is 1.59. The molecule has 0 atom stereocenters. The maximum absolute atomic E-state index is 4.49. The number of para-hydroxylation sites is 1. The summed E-state index contributed by atoms with van der Waals surface area (Å²) >= 11 is 0. The zero-order valence-electron chi connectivity index (χ0n) is 12.3. The second kappa shape index (κ2) is 5.67. The second-order valence-corrected chi connectivity index (χ2v) is 5.72. The summed E-state index contributed by atoms with van der Waals surface area (Å²) in [7, 11) is 0. The van der Waals surface area contributed by atoms with Crippen LogP contribution >= 0.6 is 0 Å². The summed E-state index contributed by atoms with van der Waals surface area (Å²) in [5, 5.41) is 7.99. The summed E-state index contributed by atoms with van der Waals surface area (Å²) in [6.07, 6.45) is 7.29. The number of nitrogens with one attached hydrogen (secondary N) is 3. The predicted molar refractivity (Wildman–Crippen MR) is 89.2 cm³/mol. The van der Waals surface area contributed by atoms with Crippen molar-refractivity contribution < 1.29 is 0 Å². The van der Waals surface area contributed by atoms with Crippen LogP contribution in [0.2, 0.25) is 0 Å². The second-order valence-electron chi connectivity index (χ2n) is 5.72. The van der Waals surface area contributed by atoms with Gasteiger partial charge in [0, 0.05) is 35.9 Å². The number of hydrogen-bond donors (Lipinski definition) is 3. The minimum Gasteiger partial charge on any atom is -0.370 e. The number of rotatable bonds is 6. The van der Waals surface area contributed by atoms with Gasteiger partial charge in [-0.05, 0) is 37.0 Å². The summed E-state index contributed by atoms with van der Waals surface area (Å²) < 4.78 is 0. The topological polar surface area (TPSA) is 65.6 Å². The molecule has 3 N–H and O–H groups in total. The molecule has 1 aromatic carbocycles. The molecule has 0 unspecified atom stereocenters. The highest BCUT2D eigenvalue weighted by Crippen LogP contribution is 2.23. The van der Waals surface area contributed by atoms with E-state index in [-0.39, 0.29) is 0 Å². The molecule has 1 aliphatic rings. The van der Waals surface area contributed by atoms with E-state index in [9.17, 15) is 0 Å². The maximum atomic E-state index is 4.49. The van der Waals surface area contributed by atoms with E-state index in [1.165, 1.54) is 29.3 Å². The van der Waals surface area contributed by atoms with Crippen LogP contribution in [-0.2, 0) is 6.42 Å². The van der Waals surface area contributed by atoms with Crippen molar-refractivity contribution in [3.8, 4) is 0 Å². The highest BCUT2D eigenvalue weighted by atomic mass is 15.2. The number of aromatic amines is 1. The van der Waals surface area contributed by atoms with E-state index >= 15 is 0 Å². The first kappa shape index (κ1) is 13.1. The number of anilines is 2. The summed E-state index contributed by atoms with van der Waals surface area (Å²) in [6.45, 7) is 0.849. The molecule has 2 aromatic heterocycles. The molecule has 112 valence electrons. The molecule has 1 aliphatic carbocycles. The Morgan fingerprint density at radius 1 is 1.18 bits per heavy atom. The summed E-state index contributed by atoms with van der Waals surface area (Å²) in [6, 6.07) is 10.9. The van der Waals surface area contributed by atoms with E-state index in [0.29, 0.717) is 6.04 Å². The van der Waals surface area contributed by atoms with Crippen molar-refractivity contribution >= 4 is 22.7 Å². The number of hydrogen-bond acceptors (Lipinski definition) is 4. The molecule has 1 saturated carbocycles. The monoisotopic (exact) mass is 293 g/mol. The number of fused-ring (bicyclic) bond motifs is 1. The Hall–Kier alpha value is -2.56. The lowest BCUT2D eigenvalue weighted by Crippen LogP contribution is -2.09. The van der Waals surface area contributed by atoms with Gasteiger partial charge in [-0.1, -0.05) is 18.2 Å². The fourth-order valence-corrected chi connectivity index (χ4v) is 2.60. The highest BCUT2D eigenvalue weighted by Gasteiger charge is 2.21. The van der Waals surface area contributed by atoms with Crippen molar-refractivity contribution in [2.24, 2.45) is 0 Å². The van der Waals surface area contributed by atoms with Crippen molar-refractivity contribution in [1.29, 1.82) is 0 Å². The van der Waals surface area contributed by atoms with Crippen LogP contribution in [0, 0.1) is 0 Å². The molecule has 1 fully saturated rings. The first-order valence-corrected chi connectivity index (χ1v) is 7.77. The summed E-state index contributed by atoms with van der Waals surface area (Å²) in [4.78, 5) is 12.1. The van der Waals surface area contributed by atoms with Gasteiger partial charge in [-0.25, -0.2) is 4.98 Å². The van der Waals surface area contributed by atoms with Crippen molar-refractivity contribution in [3.63, 3.8) is 0 Å². The SMILES string of the molecule is c1ccc2c(CCNc3ccnc(NC4CC4)n3)c[nH]c2c1. The molecule has 5 nitrogen and oxygen atoms in total. The Kier molecular flexibility index (Phi) is 3.39. The minimum absolute atomic E-state index is 0.571. The van der Waals surface area contributed by atoms with Crippen LogP contribution in [0.5, 0.6) is 0 Å². The molecular formula is C17H19N5. The lowest BCUT2D eigenvalue weighted by atomic mass is 10.1. The maximum Gasteiger partial charge on any atom is 0.224 e. The van der Waals surface area contributed by atoms with Crippen LogP contribution < -0.4 is 10.6 Å². The van der Waals surface area contributed by atoms with Crippen LogP contribution in [0.15, 0.2) is 42.7 Å². The Balaban J connectivity index is 1.38. The smallest absolute Gasteiger partial charge is 0.224 e. The van der Waals surface area contributed by atoms with Gasteiger partial charge < -0.3 is 15.6 Å². The largest absolute Gasteiger partial charge is 0.370 e. The molecule has 0 bridgehead atoms. The van der Waals surface area contributed by atoms with Crippen LogP contribution in [0.3, 0.4) is 0 Å². The zero-order chi connectivity index (χ0) is 14.8. The van der Waals surface area contributed by atoms with Gasteiger partial charge in [0.1, 0.15) is 5.82 Å². The van der Waals surface area contributed by atoms with Gasteiger partial charge in [0.15, 0.2) is 0 Å². The average molecular weight is 293 g/mol. The molecule has 3 aromatic rings. The minimum atomic E-state index is 0.571. The van der Waals surface area contributed by atoms with Crippen LogP contribution in [0.1, 0.15) is 18.4 Å². The molecule has 0 saturated heterocycles. The molecule has 5 heteroatoms. The van der Waals surface area contributed by atoms with Gasteiger partial charge in [0.25, 0.3) is 0 Å². The lowest BCUT2D eigenvalue weighted by molar-refractivity contribution is 0.996. The zero-order valence-corrected chi connectivity index (χ0v) is 12.3. The molecular weight excluding hydrogens is 274 g/mol. The van der Waals surface area contributed by atoms with E-state index < -0.39 is 0 Å². The van der Waals surface area contributed by atoms with Gasteiger partial charge in [0.05, 0.1) is 0 Å². The Morgan fingerprint density at radius 2 is 2.09 bits per heavy atom. The summed E-state index contributed by atoms with van der Waals surface area (Å²) in [5.41, 5.74) is 2.52. The van der Waals surface area contributed by atoms with E-state index in [1.54, 1.807) is 6.20 Å². The molecule has 0 aliphatic heterocycles. The fraction of sp³-hybridized carbons (Fsp3) is 0.294. The van der Waals surface area contributed by atoms with Crippen molar-refractivity contribution in [1.82, 2.24) is 15.0 Å².